The Labute approximate surface area is 170 Å². The number of hydrogen-bond acceptors (Lipinski definition) is 3. The Balaban J connectivity index is 1.61. The van der Waals surface area contributed by atoms with Crippen molar-refractivity contribution in [2.45, 2.75) is 90.8 Å². The molecule has 3 nitrogen and oxygen atoms in total. The second-order valence-corrected chi connectivity index (χ2v) is 10.7. The first kappa shape index (κ1) is 20.2. The van der Waals surface area contributed by atoms with Crippen molar-refractivity contribution >= 4 is 5.97 Å². The van der Waals surface area contributed by atoms with E-state index < -0.39 is 5.60 Å². The van der Waals surface area contributed by atoms with Crippen LogP contribution in [0.2, 0.25) is 0 Å². The molecule has 0 heterocycles. The first-order valence-electron chi connectivity index (χ1n) is 11.4. The van der Waals surface area contributed by atoms with Crippen LogP contribution in [0.15, 0.2) is 24.3 Å². The molecule has 4 aliphatic carbocycles. The van der Waals surface area contributed by atoms with Gasteiger partial charge in [0.25, 0.3) is 0 Å². The molecule has 4 rings (SSSR count). The van der Waals surface area contributed by atoms with Crippen molar-refractivity contribution in [3.63, 3.8) is 0 Å². The largest absolute Gasteiger partial charge is 0.458 e. The molecule has 28 heavy (non-hydrogen) atoms. The van der Waals surface area contributed by atoms with Crippen LogP contribution in [0.1, 0.15) is 79.1 Å². The van der Waals surface area contributed by atoms with Gasteiger partial charge in [0.2, 0.25) is 0 Å². The molecule has 0 spiro atoms. The van der Waals surface area contributed by atoms with Gasteiger partial charge in [-0.3, -0.25) is 4.79 Å². The lowest BCUT2D eigenvalue weighted by Gasteiger charge is -2.60. The molecule has 0 aliphatic heterocycles. The van der Waals surface area contributed by atoms with Gasteiger partial charge in [0, 0.05) is 12.8 Å². The summed E-state index contributed by atoms with van der Waals surface area (Å²) in [5, 5.41) is 11.7. The number of allylic oxidation sites excluding steroid dienone is 1. The van der Waals surface area contributed by atoms with Crippen molar-refractivity contribution in [3.05, 3.63) is 24.3 Å². The van der Waals surface area contributed by atoms with Crippen molar-refractivity contribution in [1.29, 1.82) is 0 Å². The van der Waals surface area contributed by atoms with Crippen molar-refractivity contribution < 1.29 is 14.6 Å². The monoisotopic (exact) mass is 386 g/mol. The summed E-state index contributed by atoms with van der Waals surface area (Å²) in [6.07, 6.45) is 13.0. The summed E-state index contributed by atoms with van der Waals surface area (Å²) in [6.45, 7) is 12.5. The fraction of sp³-hybridized carbons (Fsp3) is 0.800. The van der Waals surface area contributed by atoms with Crippen LogP contribution in [0, 0.1) is 34.5 Å². The fourth-order valence-corrected chi connectivity index (χ4v) is 8.00. The van der Waals surface area contributed by atoms with Crippen LogP contribution in [-0.4, -0.2) is 22.8 Å². The summed E-state index contributed by atoms with van der Waals surface area (Å²) >= 11 is 0. The van der Waals surface area contributed by atoms with E-state index in [0.717, 1.165) is 38.5 Å². The molecule has 0 saturated heterocycles. The zero-order valence-electron chi connectivity index (χ0n) is 18.2. The lowest BCUT2D eigenvalue weighted by Crippen LogP contribution is -2.56. The molecule has 8 atom stereocenters. The summed E-state index contributed by atoms with van der Waals surface area (Å²) < 4.78 is 5.51. The number of carbonyl (C=O) groups excluding carboxylic acids is 1. The predicted molar refractivity (Wildman–Crippen MR) is 112 cm³/mol. The zero-order chi connectivity index (χ0) is 20.3. The number of hydrogen-bond donors (Lipinski definition) is 1. The molecule has 0 radical (unpaired) electrons. The quantitative estimate of drug-likeness (QED) is 0.519. The molecule has 4 aliphatic rings. The second kappa shape index (κ2) is 6.72. The van der Waals surface area contributed by atoms with E-state index in [1.165, 1.54) is 25.3 Å². The molecular formula is C25H38O3. The van der Waals surface area contributed by atoms with Gasteiger partial charge < -0.3 is 9.84 Å². The van der Waals surface area contributed by atoms with Gasteiger partial charge >= 0.3 is 5.97 Å². The van der Waals surface area contributed by atoms with Gasteiger partial charge in [-0.2, -0.15) is 0 Å². The van der Waals surface area contributed by atoms with Crippen LogP contribution >= 0.6 is 0 Å². The van der Waals surface area contributed by atoms with Gasteiger partial charge in [0.1, 0.15) is 6.10 Å². The summed E-state index contributed by atoms with van der Waals surface area (Å²) in [7, 11) is 0. The smallest absolute Gasteiger partial charge is 0.303 e. The molecule has 0 aromatic carbocycles. The first-order chi connectivity index (χ1) is 13.2. The Morgan fingerprint density at radius 1 is 1.21 bits per heavy atom. The summed E-state index contributed by atoms with van der Waals surface area (Å²) in [6, 6.07) is 0. The second-order valence-electron chi connectivity index (χ2n) is 10.7. The Kier molecular flexibility index (Phi) is 4.85. The highest BCUT2D eigenvalue weighted by Crippen LogP contribution is 2.68. The average Bonchev–Trinajstić information content (AvgIpc) is 2.93. The van der Waals surface area contributed by atoms with E-state index in [4.69, 9.17) is 4.74 Å². The number of esters is 1. The van der Waals surface area contributed by atoms with Crippen LogP contribution < -0.4 is 0 Å². The normalized spacial score (nSPS) is 48.5. The minimum Gasteiger partial charge on any atom is -0.458 e. The van der Waals surface area contributed by atoms with Gasteiger partial charge in [-0.1, -0.05) is 32.4 Å². The lowest BCUT2D eigenvalue weighted by atomic mass is 9.46. The maximum atomic E-state index is 11.7. The van der Waals surface area contributed by atoms with Gasteiger partial charge in [-0.05, 0) is 86.0 Å². The third-order valence-corrected chi connectivity index (χ3v) is 9.71. The third kappa shape index (κ3) is 2.68. The van der Waals surface area contributed by atoms with Gasteiger partial charge in [-0.15, -0.1) is 6.58 Å². The summed E-state index contributed by atoms with van der Waals surface area (Å²) in [5.41, 5.74) is 1.18. The molecule has 0 aromatic rings. The predicted octanol–water partition coefficient (Wildman–Crippen LogP) is 5.43. The lowest BCUT2D eigenvalue weighted by molar-refractivity contribution is -0.148. The summed E-state index contributed by atoms with van der Waals surface area (Å²) in [5.74, 6) is 1.99. The minimum atomic E-state index is -0.603. The Morgan fingerprint density at radius 3 is 2.61 bits per heavy atom. The fourth-order valence-electron chi connectivity index (χ4n) is 8.00. The third-order valence-electron chi connectivity index (χ3n) is 9.71. The molecular weight excluding hydrogens is 348 g/mol. The molecule has 1 unspecified atom stereocenters. The van der Waals surface area contributed by atoms with Crippen LogP contribution in [-0.2, 0) is 9.53 Å². The maximum Gasteiger partial charge on any atom is 0.303 e. The number of aliphatic hydroxyl groups is 1. The minimum absolute atomic E-state index is 0.00823. The van der Waals surface area contributed by atoms with Crippen molar-refractivity contribution in [2.75, 3.05) is 0 Å². The van der Waals surface area contributed by atoms with Crippen LogP contribution in [0.4, 0.5) is 0 Å². The highest BCUT2D eigenvalue weighted by atomic mass is 16.5. The Morgan fingerprint density at radius 2 is 1.93 bits per heavy atom. The molecule has 3 saturated carbocycles. The molecule has 1 N–H and O–H groups in total. The number of carbonyl (C=O) groups is 1. The molecule has 0 amide bonds. The Hall–Kier alpha value is -1.09. The standard InChI is InChI=1S/C25H38O3/c1-6-16(2)25(27)14-11-22-20-8-7-18-15-19(28-17(3)26)9-12-23(18,4)21(20)10-13-24(22,25)5/h6,15-16,19-22,27H,1,7-14H2,2-5H3/t16?,19-,20+,21-,22-,23-,24-,25+/m0/s1. The highest BCUT2D eigenvalue weighted by Gasteiger charge is 2.64. The van der Waals surface area contributed by atoms with E-state index in [1.807, 2.05) is 6.08 Å². The van der Waals surface area contributed by atoms with Crippen molar-refractivity contribution in [3.8, 4) is 0 Å². The molecule has 156 valence electrons. The van der Waals surface area contributed by atoms with Crippen molar-refractivity contribution in [2.24, 2.45) is 34.5 Å². The van der Waals surface area contributed by atoms with Crippen LogP contribution in [0.25, 0.3) is 0 Å². The van der Waals surface area contributed by atoms with Crippen LogP contribution in [0.5, 0.6) is 0 Å². The van der Waals surface area contributed by atoms with Gasteiger partial charge in [0.05, 0.1) is 5.60 Å². The maximum absolute atomic E-state index is 11.7. The number of rotatable bonds is 3. The van der Waals surface area contributed by atoms with E-state index in [1.54, 1.807) is 0 Å². The van der Waals surface area contributed by atoms with Crippen LogP contribution in [0.3, 0.4) is 0 Å². The molecule has 3 heteroatoms. The van der Waals surface area contributed by atoms with E-state index in [9.17, 15) is 9.90 Å². The zero-order valence-corrected chi connectivity index (χ0v) is 18.2. The van der Waals surface area contributed by atoms with E-state index >= 15 is 0 Å². The SMILES string of the molecule is C=CC(C)[C@]1(O)CC[C@H]2[C@@H]3CCC4=C[C@@H](OC(C)=O)CC[C@]4(C)[C@H]3CC[C@@]21C. The van der Waals surface area contributed by atoms with Crippen molar-refractivity contribution in [1.82, 2.24) is 0 Å². The molecule has 0 bridgehead atoms. The summed E-state index contributed by atoms with van der Waals surface area (Å²) in [4.78, 5) is 11.4. The topological polar surface area (TPSA) is 46.5 Å². The Bertz CT molecular complexity index is 696. The van der Waals surface area contributed by atoms with E-state index in [2.05, 4.69) is 33.4 Å². The highest BCUT2D eigenvalue weighted by molar-refractivity contribution is 5.66. The number of fused-ring (bicyclic) bond motifs is 5. The van der Waals surface area contributed by atoms with E-state index in [-0.39, 0.29) is 28.8 Å². The molecule has 3 fully saturated rings. The molecule has 0 aromatic heterocycles. The number of ether oxygens (including phenoxy) is 1. The van der Waals surface area contributed by atoms with E-state index in [0.29, 0.717) is 17.8 Å². The average molecular weight is 387 g/mol. The van der Waals surface area contributed by atoms with Gasteiger partial charge in [-0.25, -0.2) is 0 Å². The first-order valence-corrected chi connectivity index (χ1v) is 11.4. The van der Waals surface area contributed by atoms with Gasteiger partial charge in [0.15, 0.2) is 0 Å².